The van der Waals surface area contributed by atoms with Crippen LogP contribution in [0.15, 0.2) is 42.5 Å². The predicted octanol–water partition coefficient (Wildman–Crippen LogP) is 5.29. The first-order valence-corrected chi connectivity index (χ1v) is 14.3. The SMILES string of the molecule is C[C@]12CC[C@H](OCCN3CCCC3)C[C@H]1CC[C@@H]1[C@@H]2CC[C@]2(C)[C@@](O)(c3ccccc3)C=C[C@]12O. The minimum atomic E-state index is -1.12. The van der Waals surface area contributed by atoms with E-state index in [1.54, 1.807) is 0 Å². The average Bonchev–Trinajstić information content (AvgIpc) is 3.46. The summed E-state index contributed by atoms with van der Waals surface area (Å²) in [6.45, 7) is 9.10. The maximum Gasteiger partial charge on any atom is 0.116 e. The van der Waals surface area contributed by atoms with Crippen molar-refractivity contribution in [1.82, 2.24) is 4.90 Å². The molecule has 0 spiro atoms. The fraction of sp³-hybridized carbons (Fsp3) is 0.742. The molecule has 1 heterocycles. The van der Waals surface area contributed by atoms with Crippen molar-refractivity contribution in [2.75, 3.05) is 26.2 Å². The normalized spacial score (nSPS) is 47.3. The number of ether oxygens (including phenoxy) is 1. The van der Waals surface area contributed by atoms with Crippen LogP contribution in [0.1, 0.15) is 77.2 Å². The van der Waals surface area contributed by atoms with Crippen molar-refractivity contribution in [3.8, 4) is 0 Å². The molecule has 4 heteroatoms. The predicted molar refractivity (Wildman–Crippen MR) is 139 cm³/mol. The summed E-state index contributed by atoms with van der Waals surface area (Å²) in [5.41, 5.74) is -1.51. The Bertz CT molecular complexity index is 944. The van der Waals surface area contributed by atoms with Gasteiger partial charge in [0.1, 0.15) is 5.60 Å². The highest BCUT2D eigenvalue weighted by molar-refractivity contribution is 5.41. The van der Waals surface area contributed by atoms with Crippen molar-refractivity contribution in [3.05, 3.63) is 48.0 Å². The van der Waals surface area contributed by atoms with Gasteiger partial charge in [-0.15, -0.1) is 0 Å². The molecule has 3 saturated carbocycles. The molecule has 0 bridgehead atoms. The fourth-order valence-corrected chi connectivity index (χ4v) is 9.32. The van der Waals surface area contributed by atoms with E-state index in [9.17, 15) is 10.2 Å². The lowest BCUT2D eigenvalue weighted by Crippen LogP contribution is -2.65. The molecule has 0 unspecified atom stereocenters. The van der Waals surface area contributed by atoms with E-state index in [1.807, 2.05) is 42.5 Å². The lowest BCUT2D eigenvalue weighted by atomic mass is 9.42. The summed E-state index contributed by atoms with van der Waals surface area (Å²) in [6.07, 6.45) is 14.7. The number of fused-ring (bicyclic) bond motifs is 5. The number of hydrogen-bond acceptors (Lipinski definition) is 4. The molecule has 0 aromatic heterocycles. The minimum absolute atomic E-state index is 0.212. The molecule has 4 nitrogen and oxygen atoms in total. The third-order valence-corrected chi connectivity index (χ3v) is 11.6. The highest BCUT2D eigenvalue weighted by Gasteiger charge is 2.70. The summed E-state index contributed by atoms with van der Waals surface area (Å²) in [6, 6.07) is 10.00. The Kier molecular flexibility index (Phi) is 5.99. The molecule has 4 fully saturated rings. The van der Waals surface area contributed by atoms with Gasteiger partial charge in [-0.3, -0.25) is 0 Å². The van der Waals surface area contributed by atoms with Crippen LogP contribution in [-0.4, -0.2) is 53.1 Å². The number of aliphatic hydroxyl groups is 2. The van der Waals surface area contributed by atoms with Crippen LogP contribution in [-0.2, 0) is 10.3 Å². The molecule has 8 atom stereocenters. The monoisotopic (exact) mass is 479 g/mol. The molecule has 1 aromatic rings. The van der Waals surface area contributed by atoms with E-state index in [2.05, 4.69) is 18.7 Å². The molecule has 1 saturated heterocycles. The zero-order valence-electron chi connectivity index (χ0n) is 21.8. The summed E-state index contributed by atoms with van der Waals surface area (Å²) in [5, 5.41) is 24.4. The second-order valence-corrected chi connectivity index (χ2v) is 13.0. The fourth-order valence-electron chi connectivity index (χ4n) is 9.32. The molecule has 4 aliphatic carbocycles. The Balaban J connectivity index is 1.17. The van der Waals surface area contributed by atoms with Crippen LogP contribution in [0.5, 0.6) is 0 Å². The van der Waals surface area contributed by atoms with Crippen molar-refractivity contribution < 1.29 is 14.9 Å². The lowest BCUT2D eigenvalue weighted by Gasteiger charge is -2.64. The summed E-state index contributed by atoms with van der Waals surface area (Å²) in [5.74, 6) is 1.40. The number of benzene rings is 1. The number of nitrogens with zero attached hydrogens (tertiary/aromatic N) is 1. The van der Waals surface area contributed by atoms with E-state index in [1.165, 1.54) is 45.2 Å². The summed E-state index contributed by atoms with van der Waals surface area (Å²) in [7, 11) is 0. The quantitative estimate of drug-likeness (QED) is 0.564. The first kappa shape index (κ1) is 24.2. The average molecular weight is 480 g/mol. The Hall–Kier alpha value is -1.20. The van der Waals surface area contributed by atoms with E-state index in [0.717, 1.165) is 44.4 Å². The molecule has 2 N–H and O–H groups in total. The van der Waals surface area contributed by atoms with Crippen molar-refractivity contribution in [1.29, 1.82) is 0 Å². The number of likely N-dealkylation sites (tertiary alicyclic amines) is 1. The Morgan fingerprint density at radius 2 is 1.69 bits per heavy atom. The van der Waals surface area contributed by atoms with Crippen molar-refractivity contribution in [2.45, 2.75) is 88.9 Å². The number of rotatable bonds is 5. The number of hydrogen-bond donors (Lipinski definition) is 2. The topological polar surface area (TPSA) is 52.9 Å². The van der Waals surface area contributed by atoms with Gasteiger partial charge in [-0.2, -0.15) is 0 Å². The molecule has 1 aromatic carbocycles. The van der Waals surface area contributed by atoms with Gasteiger partial charge in [0, 0.05) is 12.0 Å². The van der Waals surface area contributed by atoms with Gasteiger partial charge in [-0.1, -0.05) is 50.3 Å². The Labute approximate surface area is 211 Å². The summed E-state index contributed by atoms with van der Waals surface area (Å²) >= 11 is 0. The van der Waals surface area contributed by atoms with Crippen LogP contribution in [0.3, 0.4) is 0 Å². The molecule has 0 radical (unpaired) electrons. The molecule has 35 heavy (non-hydrogen) atoms. The Morgan fingerprint density at radius 1 is 0.914 bits per heavy atom. The first-order chi connectivity index (χ1) is 16.8. The van der Waals surface area contributed by atoms with Crippen molar-refractivity contribution >= 4 is 0 Å². The van der Waals surface area contributed by atoms with Crippen LogP contribution in [0.25, 0.3) is 0 Å². The van der Waals surface area contributed by atoms with Gasteiger partial charge in [-0.25, -0.2) is 0 Å². The summed E-state index contributed by atoms with van der Waals surface area (Å²) in [4.78, 5) is 2.55. The maximum atomic E-state index is 12.4. The van der Waals surface area contributed by atoms with Gasteiger partial charge in [0.05, 0.1) is 18.3 Å². The van der Waals surface area contributed by atoms with Crippen LogP contribution >= 0.6 is 0 Å². The molecular weight excluding hydrogens is 434 g/mol. The van der Waals surface area contributed by atoms with E-state index in [-0.39, 0.29) is 11.3 Å². The molecule has 192 valence electrons. The van der Waals surface area contributed by atoms with E-state index >= 15 is 0 Å². The molecule has 0 amide bonds. The van der Waals surface area contributed by atoms with E-state index in [4.69, 9.17) is 4.74 Å². The smallest absolute Gasteiger partial charge is 0.116 e. The van der Waals surface area contributed by atoms with Crippen LogP contribution in [0.4, 0.5) is 0 Å². The highest BCUT2D eigenvalue weighted by atomic mass is 16.5. The second-order valence-electron chi connectivity index (χ2n) is 13.0. The van der Waals surface area contributed by atoms with E-state index in [0.29, 0.717) is 17.9 Å². The van der Waals surface area contributed by atoms with Crippen LogP contribution < -0.4 is 0 Å². The van der Waals surface area contributed by atoms with Gasteiger partial charge >= 0.3 is 0 Å². The standard InChI is InChI=1S/C31H45NO3/c1-28-14-12-25(35-21-20-32-18-6-7-19-32)22-24(28)10-11-27-26(28)13-15-29(2)30(33,16-17-31(27,29)34)23-8-4-3-5-9-23/h3-5,8-9,16-17,24-27,33-34H,6-7,10-15,18-22H2,1-2H3/t24-,25+,26+,27-,28+,29-,30+,31+/m1/s1. The van der Waals surface area contributed by atoms with Crippen LogP contribution in [0, 0.1) is 28.6 Å². The third-order valence-electron chi connectivity index (χ3n) is 11.6. The molecule has 5 aliphatic rings. The van der Waals surface area contributed by atoms with Crippen molar-refractivity contribution in [3.63, 3.8) is 0 Å². The second kappa shape index (κ2) is 8.68. The van der Waals surface area contributed by atoms with Gasteiger partial charge in [0.25, 0.3) is 0 Å². The molecule has 6 rings (SSSR count). The largest absolute Gasteiger partial charge is 0.385 e. The van der Waals surface area contributed by atoms with Gasteiger partial charge in [0.2, 0.25) is 0 Å². The minimum Gasteiger partial charge on any atom is -0.385 e. The zero-order chi connectivity index (χ0) is 24.3. The maximum absolute atomic E-state index is 12.4. The zero-order valence-corrected chi connectivity index (χ0v) is 21.8. The van der Waals surface area contributed by atoms with Gasteiger partial charge in [0.15, 0.2) is 0 Å². The molecular formula is C31H45NO3. The Morgan fingerprint density at radius 3 is 2.46 bits per heavy atom. The molecule has 1 aliphatic heterocycles. The van der Waals surface area contributed by atoms with Gasteiger partial charge < -0.3 is 19.8 Å². The van der Waals surface area contributed by atoms with Crippen molar-refractivity contribution in [2.24, 2.45) is 28.6 Å². The first-order valence-electron chi connectivity index (χ1n) is 14.3. The van der Waals surface area contributed by atoms with Crippen LogP contribution in [0.2, 0.25) is 0 Å². The van der Waals surface area contributed by atoms with E-state index < -0.39 is 16.6 Å². The lowest BCUT2D eigenvalue weighted by molar-refractivity contribution is -0.228. The third kappa shape index (κ3) is 3.54. The van der Waals surface area contributed by atoms with Gasteiger partial charge in [-0.05, 0) is 106 Å². The summed E-state index contributed by atoms with van der Waals surface area (Å²) < 4.78 is 6.42. The highest BCUT2D eigenvalue weighted by Crippen LogP contribution is 2.69.